The van der Waals surface area contributed by atoms with E-state index in [-0.39, 0.29) is 13.1 Å². The van der Waals surface area contributed by atoms with Crippen LogP contribution in [0.3, 0.4) is 0 Å². The van der Waals surface area contributed by atoms with Crippen molar-refractivity contribution in [3.63, 3.8) is 0 Å². The zero-order valence-electron chi connectivity index (χ0n) is 12.7. The third kappa shape index (κ3) is 17.8. The zero-order chi connectivity index (χ0) is 14.9. The van der Waals surface area contributed by atoms with Crippen molar-refractivity contribution in [1.82, 2.24) is 0 Å². The summed E-state index contributed by atoms with van der Waals surface area (Å²) in [5.41, 5.74) is 0. The van der Waals surface area contributed by atoms with E-state index in [9.17, 15) is 9.18 Å². The number of alkyl halides is 1. The maximum Gasteiger partial charge on any atom is 0.304 e. The number of unbranched alkanes of at least 4 members (excludes halogenated alkanes) is 10. The summed E-state index contributed by atoms with van der Waals surface area (Å²) < 4.78 is 11.8. The number of rotatable bonds is 16. The van der Waals surface area contributed by atoms with E-state index in [1.807, 2.05) is 0 Å². The largest absolute Gasteiger partial charge is 0.481 e. The van der Waals surface area contributed by atoms with Crippen LogP contribution in [-0.4, -0.2) is 29.3 Å². The van der Waals surface area contributed by atoms with Gasteiger partial charge in [-0.3, -0.25) is 9.18 Å². The highest BCUT2D eigenvalue weighted by Gasteiger charge is 1.97. The molecule has 20 heavy (non-hydrogen) atoms. The van der Waals surface area contributed by atoms with Gasteiger partial charge in [0, 0.05) is 5.75 Å². The lowest BCUT2D eigenvalue weighted by Gasteiger charge is -2.02. The Bertz CT molecular complexity index is 213. The summed E-state index contributed by atoms with van der Waals surface area (Å²) in [7, 11) is 0. The molecule has 0 saturated heterocycles. The van der Waals surface area contributed by atoms with Gasteiger partial charge in [-0.05, 0) is 18.6 Å². The summed E-state index contributed by atoms with van der Waals surface area (Å²) in [5, 5.41) is 8.49. The minimum atomic E-state index is -0.692. The van der Waals surface area contributed by atoms with Crippen LogP contribution >= 0.6 is 11.8 Å². The van der Waals surface area contributed by atoms with Crippen molar-refractivity contribution in [2.45, 2.75) is 77.0 Å². The summed E-state index contributed by atoms with van der Waals surface area (Å²) >= 11 is 1.76. The second-order valence-corrected chi connectivity index (χ2v) is 6.56. The molecule has 0 radical (unpaired) electrons. The number of hydrogen-bond acceptors (Lipinski definition) is 2. The lowest BCUT2D eigenvalue weighted by atomic mass is 10.1. The zero-order valence-corrected chi connectivity index (χ0v) is 13.6. The van der Waals surface area contributed by atoms with Crippen LogP contribution in [0.15, 0.2) is 0 Å². The van der Waals surface area contributed by atoms with Crippen molar-refractivity contribution in [3.05, 3.63) is 0 Å². The molecule has 0 aromatic heterocycles. The molecule has 0 bridgehead atoms. The first kappa shape index (κ1) is 19.8. The number of halogens is 1. The standard InChI is InChI=1S/C16H31FO2S/c17-13-10-8-6-4-2-1-3-5-7-9-11-14-20-15-12-16(18)19/h1-15H2,(H,18,19). The summed E-state index contributed by atoms with van der Waals surface area (Å²) in [6.07, 6.45) is 13.6. The number of carboxylic acid groups (broad SMARTS) is 1. The number of carboxylic acids is 1. The molecule has 4 heteroatoms. The Labute approximate surface area is 127 Å². The average molecular weight is 306 g/mol. The highest BCUT2D eigenvalue weighted by molar-refractivity contribution is 7.99. The molecule has 0 atom stereocenters. The topological polar surface area (TPSA) is 37.3 Å². The Hall–Kier alpha value is -0.250. The smallest absolute Gasteiger partial charge is 0.304 e. The Morgan fingerprint density at radius 3 is 1.65 bits per heavy atom. The monoisotopic (exact) mass is 306 g/mol. The van der Waals surface area contributed by atoms with Crippen LogP contribution in [0.2, 0.25) is 0 Å². The molecule has 0 aliphatic carbocycles. The average Bonchev–Trinajstić information content (AvgIpc) is 2.43. The van der Waals surface area contributed by atoms with Crippen LogP contribution in [0.25, 0.3) is 0 Å². The Morgan fingerprint density at radius 2 is 1.20 bits per heavy atom. The van der Waals surface area contributed by atoms with E-state index in [1.165, 1.54) is 57.8 Å². The molecule has 0 aromatic carbocycles. The minimum Gasteiger partial charge on any atom is -0.481 e. The van der Waals surface area contributed by atoms with Gasteiger partial charge in [0.25, 0.3) is 0 Å². The fraction of sp³-hybridized carbons (Fsp3) is 0.938. The second kappa shape index (κ2) is 16.8. The summed E-state index contributed by atoms with van der Waals surface area (Å²) in [4.78, 5) is 10.3. The minimum absolute atomic E-state index is 0.158. The molecule has 0 unspecified atom stereocenters. The molecule has 0 fully saturated rings. The number of aliphatic carboxylic acids is 1. The van der Waals surface area contributed by atoms with Gasteiger partial charge in [0.15, 0.2) is 0 Å². The van der Waals surface area contributed by atoms with Crippen molar-refractivity contribution >= 4 is 17.7 Å². The van der Waals surface area contributed by atoms with Gasteiger partial charge in [-0.1, -0.05) is 57.8 Å². The van der Waals surface area contributed by atoms with Gasteiger partial charge in [-0.25, -0.2) is 0 Å². The maximum absolute atomic E-state index is 11.8. The fourth-order valence-corrected chi connectivity index (χ4v) is 3.08. The molecule has 1 N–H and O–H groups in total. The molecule has 0 aliphatic rings. The highest BCUT2D eigenvalue weighted by Crippen LogP contribution is 2.13. The van der Waals surface area contributed by atoms with Crippen molar-refractivity contribution in [2.75, 3.05) is 18.2 Å². The molecule has 0 amide bonds. The van der Waals surface area contributed by atoms with E-state index in [2.05, 4.69) is 0 Å². The van der Waals surface area contributed by atoms with Crippen LogP contribution in [0, 0.1) is 0 Å². The van der Waals surface area contributed by atoms with Crippen LogP contribution in [0.5, 0.6) is 0 Å². The summed E-state index contributed by atoms with van der Waals surface area (Å²) in [5.74, 6) is 1.15. The molecule has 0 rings (SSSR count). The molecule has 2 nitrogen and oxygen atoms in total. The normalized spacial score (nSPS) is 10.8. The molecule has 0 aliphatic heterocycles. The Kier molecular flexibility index (Phi) is 16.6. The van der Waals surface area contributed by atoms with Crippen LogP contribution in [0.1, 0.15) is 77.0 Å². The molecular formula is C16H31FO2S. The van der Waals surface area contributed by atoms with Crippen LogP contribution in [0.4, 0.5) is 4.39 Å². The Morgan fingerprint density at radius 1 is 0.750 bits per heavy atom. The quantitative estimate of drug-likeness (QED) is 0.385. The molecule has 0 heterocycles. The predicted molar refractivity (Wildman–Crippen MR) is 86.3 cm³/mol. The number of carbonyl (C=O) groups is 1. The van der Waals surface area contributed by atoms with E-state index in [1.54, 1.807) is 11.8 Å². The van der Waals surface area contributed by atoms with E-state index in [0.29, 0.717) is 0 Å². The number of thioether (sulfide) groups is 1. The van der Waals surface area contributed by atoms with Gasteiger partial charge in [-0.15, -0.1) is 0 Å². The predicted octanol–water partition coefficient (Wildman–Crippen LogP) is 5.45. The molecule has 120 valence electrons. The van der Waals surface area contributed by atoms with Crippen molar-refractivity contribution in [2.24, 2.45) is 0 Å². The summed E-state index contributed by atoms with van der Waals surface area (Å²) in [6, 6.07) is 0. The van der Waals surface area contributed by atoms with Crippen molar-refractivity contribution in [1.29, 1.82) is 0 Å². The number of hydrogen-bond donors (Lipinski definition) is 1. The van der Waals surface area contributed by atoms with Gasteiger partial charge in [0.05, 0.1) is 13.1 Å². The first-order valence-corrected chi connectivity index (χ1v) is 9.28. The summed E-state index contributed by atoms with van der Waals surface area (Å²) in [6.45, 7) is -0.158. The molecule has 0 aromatic rings. The van der Waals surface area contributed by atoms with E-state index >= 15 is 0 Å². The lowest BCUT2D eigenvalue weighted by molar-refractivity contribution is -0.136. The van der Waals surface area contributed by atoms with E-state index in [4.69, 9.17) is 5.11 Å². The van der Waals surface area contributed by atoms with Crippen LogP contribution in [-0.2, 0) is 4.79 Å². The van der Waals surface area contributed by atoms with E-state index < -0.39 is 5.97 Å². The third-order valence-electron chi connectivity index (χ3n) is 3.38. The second-order valence-electron chi connectivity index (χ2n) is 5.33. The lowest BCUT2D eigenvalue weighted by Crippen LogP contribution is -1.96. The highest BCUT2D eigenvalue weighted by atomic mass is 32.2. The van der Waals surface area contributed by atoms with Gasteiger partial charge in [-0.2, -0.15) is 11.8 Å². The molecular weight excluding hydrogens is 275 g/mol. The van der Waals surface area contributed by atoms with Gasteiger partial charge in [0.1, 0.15) is 0 Å². The SMILES string of the molecule is O=C(O)CCSCCCCCCCCCCCCCF. The van der Waals surface area contributed by atoms with E-state index in [0.717, 1.165) is 24.3 Å². The molecule has 0 saturated carbocycles. The van der Waals surface area contributed by atoms with Gasteiger partial charge < -0.3 is 5.11 Å². The van der Waals surface area contributed by atoms with Gasteiger partial charge >= 0.3 is 5.97 Å². The first-order valence-electron chi connectivity index (χ1n) is 8.13. The molecule has 0 spiro atoms. The first-order chi connectivity index (χ1) is 9.77. The maximum atomic E-state index is 11.8. The van der Waals surface area contributed by atoms with Crippen LogP contribution < -0.4 is 0 Å². The third-order valence-corrected chi connectivity index (χ3v) is 4.45. The fourth-order valence-electron chi connectivity index (χ4n) is 2.15. The van der Waals surface area contributed by atoms with Gasteiger partial charge in [0.2, 0.25) is 0 Å². The van der Waals surface area contributed by atoms with Crippen molar-refractivity contribution in [3.8, 4) is 0 Å². The van der Waals surface area contributed by atoms with Crippen molar-refractivity contribution < 1.29 is 14.3 Å². The Balaban J connectivity index is 2.94.